The molecule has 0 unspecified atom stereocenters. The topological polar surface area (TPSA) is 33.1 Å². The van der Waals surface area contributed by atoms with Crippen LogP contribution in [0.4, 0.5) is 0 Å². The second kappa shape index (κ2) is 4.95. The quantitative estimate of drug-likeness (QED) is 0.858. The largest absolute Gasteiger partial charge is 0.392 e. The highest BCUT2D eigenvalue weighted by atomic mass is 79.9. The van der Waals surface area contributed by atoms with Crippen molar-refractivity contribution < 1.29 is 5.11 Å². The van der Waals surface area contributed by atoms with E-state index in [0.717, 1.165) is 21.3 Å². The molecule has 2 rings (SSSR count). The van der Waals surface area contributed by atoms with Crippen LogP contribution in [0.15, 0.2) is 40.9 Å². The zero-order chi connectivity index (χ0) is 11.5. The number of aliphatic hydroxyl groups excluding tert-OH is 1. The van der Waals surface area contributed by atoms with Crippen molar-refractivity contribution in [3.63, 3.8) is 0 Å². The van der Waals surface area contributed by atoms with E-state index in [2.05, 4.69) is 20.9 Å². The molecular weight excluding hydrogens is 289 g/mol. The minimum atomic E-state index is -0.0359. The summed E-state index contributed by atoms with van der Waals surface area (Å²) in [6.07, 6.45) is 0. The molecule has 0 saturated heterocycles. The fourth-order valence-corrected chi connectivity index (χ4v) is 1.91. The summed E-state index contributed by atoms with van der Waals surface area (Å²) in [5, 5.41) is 9.48. The second-order valence-corrected chi connectivity index (χ2v) is 4.65. The van der Waals surface area contributed by atoms with Gasteiger partial charge in [-0.1, -0.05) is 39.7 Å². The second-order valence-electron chi connectivity index (χ2n) is 3.35. The average Bonchev–Trinajstić information content (AvgIpc) is 2.29. The number of rotatable bonds is 2. The van der Waals surface area contributed by atoms with Gasteiger partial charge in [0, 0.05) is 10.0 Å². The molecule has 0 aliphatic heterocycles. The molecule has 0 atom stereocenters. The van der Waals surface area contributed by atoms with Gasteiger partial charge in [-0.05, 0) is 29.8 Å². The van der Waals surface area contributed by atoms with Crippen LogP contribution < -0.4 is 0 Å². The van der Waals surface area contributed by atoms with Gasteiger partial charge in [0.2, 0.25) is 0 Å². The summed E-state index contributed by atoms with van der Waals surface area (Å²) in [7, 11) is 0. The van der Waals surface area contributed by atoms with Gasteiger partial charge in [-0.2, -0.15) is 0 Å². The number of aromatic nitrogens is 1. The first kappa shape index (κ1) is 11.6. The molecule has 82 valence electrons. The Morgan fingerprint density at radius 2 is 1.88 bits per heavy atom. The van der Waals surface area contributed by atoms with Crippen LogP contribution in [0.25, 0.3) is 11.3 Å². The van der Waals surface area contributed by atoms with E-state index < -0.39 is 0 Å². The molecule has 0 amide bonds. The molecule has 0 bridgehead atoms. The fraction of sp³-hybridized carbons (Fsp3) is 0.0833. The maximum absolute atomic E-state index is 9.08. The predicted molar refractivity (Wildman–Crippen MR) is 68.3 cm³/mol. The van der Waals surface area contributed by atoms with Crippen LogP contribution in [0.3, 0.4) is 0 Å². The third-order valence-corrected chi connectivity index (χ3v) is 2.90. The van der Waals surface area contributed by atoms with Crippen LogP contribution in [-0.2, 0) is 6.61 Å². The average molecular weight is 299 g/mol. The molecule has 1 heterocycles. The van der Waals surface area contributed by atoms with E-state index in [4.69, 9.17) is 16.7 Å². The molecule has 0 radical (unpaired) electrons. The Bertz CT molecular complexity index is 499. The molecule has 0 aliphatic rings. The summed E-state index contributed by atoms with van der Waals surface area (Å²) in [4.78, 5) is 4.22. The van der Waals surface area contributed by atoms with Crippen LogP contribution in [-0.4, -0.2) is 10.1 Å². The van der Waals surface area contributed by atoms with Gasteiger partial charge in [-0.25, -0.2) is 4.98 Å². The summed E-state index contributed by atoms with van der Waals surface area (Å²) < 4.78 is 1.01. The van der Waals surface area contributed by atoms with Crippen molar-refractivity contribution in [2.45, 2.75) is 6.61 Å². The molecule has 0 fully saturated rings. The lowest BCUT2D eigenvalue weighted by molar-refractivity contribution is 0.282. The minimum Gasteiger partial charge on any atom is -0.392 e. The Balaban J connectivity index is 2.47. The number of hydrogen-bond donors (Lipinski definition) is 1. The smallest absolute Gasteiger partial charge is 0.130 e. The summed E-state index contributed by atoms with van der Waals surface area (Å²) in [5.41, 5.74) is 2.50. The van der Waals surface area contributed by atoms with Gasteiger partial charge in [-0.3, -0.25) is 0 Å². The first-order valence-corrected chi connectivity index (χ1v) is 5.89. The standard InChI is InChI=1S/C12H9BrClNO/c13-10-3-1-9(2-4-10)11-5-8(7-16)6-12(14)15-11/h1-6,16H,7H2. The highest BCUT2D eigenvalue weighted by Crippen LogP contribution is 2.23. The normalized spacial score (nSPS) is 10.4. The highest BCUT2D eigenvalue weighted by Gasteiger charge is 2.03. The van der Waals surface area contributed by atoms with Gasteiger partial charge >= 0.3 is 0 Å². The number of hydrogen-bond acceptors (Lipinski definition) is 2. The molecule has 2 nitrogen and oxygen atoms in total. The number of halogens is 2. The number of benzene rings is 1. The molecule has 16 heavy (non-hydrogen) atoms. The van der Waals surface area contributed by atoms with Gasteiger partial charge in [-0.15, -0.1) is 0 Å². The zero-order valence-electron chi connectivity index (χ0n) is 8.32. The Hall–Kier alpha value is -0.900. The number of nitrogens with zero attached hydrogens (tertiary/aromatic N) is 1. The zero-order valence-corrected chi connectivity index (χ0v) is 10.7. The van der Waals surface area contributed by atoms with Crippen molar-refractivity contribution in [3.05, 3.63) is 51.6 Å². The molecule has 1 aromatic carbocycles. The third-order valence-electron chi connectivity index (χ3n) is 2.18. The van der Waals surface area contributed by atoms with E-state index in [1.165, 1.54) is 0 Å². The molecule has 1 N–H and O–H groups in total. The summed E-state index contributed by atoms with van der Waals surface area (Å²) in [5.74, 6) is 0. The predicted octanol–water partition coefficient (Wildman–Crippen LogP) is 3.66. The number of pyridine rings is 1. The van der Waals surface area contributed by atoms with E-state index in [1.54, 1.807) is 6.07 Å². The lowest BCUT2D eigenvalue weighted by Crippen LogP contribution is -1.89. The lowest BCUT2D eigenvalue weighted by Gasteiger charge is -2.04. The minimum absolute atomic E-state index is 0.0359. The summed E-state index contributed by atoms with van der Waals surface area (Å²) in [6.45, 7) is -0.0359. The molecular formula is C12H9BrClNO. The van der Waals surface area contributed by atoms with Crippen molar-refractivity contribution in [1.29, 1.82) is 0 Å². The molecule has 0 aliphatic carbocycles. The van der Waals surface area contributed by atoms with Crippen LogP contribution in [0, 0.1) is 0 Å². The van der Waals surface area contributed by atoms with Crippen molar-refractivity contribution in [2.24, 2.45) is 0 Å². The molecule has 0 spiro atoms. The molecule has 4 heteroatoms. The maximum atomic E-state index is 9.08. The lowest BCUT2D eigenvalue weighted by atomic mass is 10.1. The first-order valence-electron chi connectivity index (χ1n) is 4.72. The molecule has 0 saturated carbocycles. The summed E-state index contributed by atoms with van der Waals surface area (Å²) >= 11 is 9.25. The van der Waals surface area contributed by atoms with Gasteiger partial charge in [0.25, 0.3) is 0 Å². The Morgan fingerprint density at radius 3 is 2.50 bits per heavy atom. The van der Waals surface area contributed by atoms with E-state index in [0.29, 0.717) is 5.15 Å². The van der Waals surface area contributed by atoms with E-state index in [1.807, 2.05) is 30.3 Å². The maximum Gasteiger partial charge on any atom is 0.130 e. The van der Waals surface area contributed by atoms with Crippen LogP contribution in [0.5, 0.6) is 0 Å². The van der Waals surface area contributed by atoms with Gasteiger partial charge in [0.1, 0.15) is 5.15 Å². The van der Waals surface area contributed by atoms with E-state index in [-0.39, 0.29) is 6.61 Å². The Kier molecular flexibility index (Phi) is 3.59. The monoisotopic (exact) mass is 297 g/mol. The third kappa shape index (κ3) is 2.61. The van der Waals surface area contributed by atoms with Crippen molar-refractivity contribution in [3.8, 4) is 11.3 Å². The van der Waals surface area contributed by atoms with Crippen LogP contribution in [0.1, 0.15) is 5.56 Å². The van der Waals surface area contributed by atoms with Crippen molar-refractivity contribution >= 4 is 27.5 Å². The van der Waals surface area contributed by atoms with Crippen LogP contribution >= 0.6 is 27.5 Å². The Morgan fingerprint density at radius 1 is 1.19 bits per heavy atom. The van der Waals surface area contributed by atoms with Gasteiger partial charge < -0.3 is 5.11 Å². The summed E-state index contributed by atoms with van der Waals surface area (Å²) in [6, 6.07) is 11.3. The Labute approximate surface area is 107 Å². The molecule has 1 aromatic heterocycles. The number of aliphatic hydroxyl groups is 1. The molecule has 2 aromatic rings. The van der Waals surface area contributed by atoms with Crippen molar-refractivity contribution in [2.75, 3.05) is 0 Å². The first-order chi connectivity index (χ1) is 7.69. The van der Waals surface area contributed by atoms with E-state index >= 15 is 0 Å². The van der Waals surface area contributed by atoms with Gasteiger partial charge in [0.05, 0.1) is 12.3 Å². The van der Waals surface area contributed by atoms with E-state index in [9.17, 15) is 0 Å². The highest BCUT2D eigenvalue weighted by molar-refractivity contribution is 9.10. The van der Waals surface area contributed by atoms with Crippen LogP contribution in [0.2, 0.25) is 5.15 Å². The van der Waals surface area contributed by atoms with Crippen molar-refractivity contribution in [1.82, 2.24) is 4.98 Å². The fourth-order valence-electron chi connectivity index (χ4n) is 1.41. The SMILES string of the molecule is OCc1cc(Cl)nc(-c2ccc(Br)cc2)c1. The van der Waals surface area contributed by atoms with Gasteiger partial charge in [0.15, 0.2) is 0 Å².